The second kappa shape index (κ2) is 5.02. The van der Waals surface area contributed by atoms with Gasteiger partial charge in [0.05, 0.1) is 17.1 Å². The molecule has 0 atom stereocenters. The van der Waals surface area contributed by atoms with Gasteiger partial charge < -0.3 is 5.11 Å². The molecule has 1 heterocycles. The SMILES string of the molecule is O=C(O)Cc1nc(I)cc(C(F)F)c1Cl. The molecule has 15 heavy (non-hydrogen) atoms. The minimum absolute atomic E-state index is 0.0358. The highest BCUT2D eigenvalue weighted by Gasteiger charge is 2.18. The number of hydrogen-bond acceptors (Lipinski definition) is 2. The number of carbonyl (C=O) groups is 1. The third-order valence-electron chi connectivity index (χ3n) is 1.58. The van der Waals surface area contributed by atoms with E-state index in [1.807, 2.05) is 0 Å². The minimum Gasteiger partial charge on any atom is -0.481 e. The third-order valence-corrected chi connectivity index (χ3v) is 2.57. The van der Waals surface area contributed by atoms with Crippen LogP contribution in [0.15, 0.2) is 6.07 Å². The van der Waals surface area contributed by atoms with Crippen molar-refractivity contribution in [3.05, 3.63) is 26.0 Å². The summed E-state index contributed by atoms with van der Waals surface area (Å²) in [6.07, 6.45) is -3.20. The fourth-order valence-corrected chi connectivity index (χ4v) is 1.86. The van der Waals surface area contributed by atoms with E-state index in [-0.39, 0.29) is 16.3 Å². The molecule has 0 aliphatic heterocycles. The highest BCUT2D eigenvalue weighted by molar-refractivity contribution is 14.1. The van der Waals surface area contributed by atoms with Crippen LogP contribution in [0.2, 0.25) is 5.02 Å². The Morgan fingerprint density at radius 3 is 2.73 bits per heavy atom. The Morgan fingerprint density at radius 2 is 2.27 bits per heavy atom. The van der Waals surface area contributed by atoms with Crippen molar-refractivity contribution in [2.75, 3.05) is 0 Å². The highest BCUT2D eigenvalue weighted by Crippen LogP contribution is 2.30. The first-order valence-electron chi connectivity index (χ1n) is 3.76. The van der Waals surface area contributed by atoms with Crippen molar-refractivity contribution in [3.63, 3.8) is 0 Å². The molecule has 0 radical (unpaired) electrons. The molecule has 1 aromatic rings. The number of halogens is 4. The molecule has 0 spiro atoms. The predicted octanol–water partition coefficient (Wildman–Crippen LogP) is 2.90. The fourth-order valence-electron chi connectivity index (χ4n) is 0.988. The van der Waals surface area contributed by atoms with Gasteiger partial charge in [0, 0.05) is 5.56 Å². The van der Waals surface area contributed by atoms with Gasteiger partial charge in [0.1, 0.15) is 3.70 Å². The predicted molar refractivity (Wildman–Crippen MR) is 58.3 cm³/mol. The first kappa shape index (κ1) is 12.6. The Balaban J connectivity index is 3.21. The molecular formula is C8H5ClF2INO2. The number of aliphatic carboxylic acids is 1. The standard InChI is InChI=1S/C8H5ClF2INO2/c9-7-3(8(10)11)1-5(12)13-4(7)2-6(14)15/h1,8H,2H2,(H,14,15). The number of nitrogens with zero attached hydrogens (tertiary/aromatic N) is 1. The summed E-state index contributed by atoms with van der Waals surface area (Å²) in [6.45, 7) is 0. The first-order valence-corrected chi connectivity index (χ1v) is 5.22. The molecule has 1 rings (SSSR count). The van der Waals surface area contributed by atoms with Gasteiger partial charge in [0.15, 0.2) is 0 Å². The lowest BCUT2D eigenvalue weighted by Crippen LogP contribution is -2.06. The molecule has 0 bridgehead atoms. The largest absolute Gasteiger partial charge is 0.481 e. The molecule has 0 aromatic carbocycles. The maximum absolute atomic E-state index is 12.5. The van der Waals surface area contributed by atoms with Crippen molar-refractivity contribution < 1.29 is 18.7 Å². The van der Waals surface area contributed by atoms with Crippen LogP contribution in [-0.4, -0.2) is 16.1 Å². The minimum atomic E-state index is -2.73. The molecular weight excluding hydrogens is 342 g/mol. The zero-order chi connectivity index (χ0) is 11.6. The molecule has 7 heteroatoms. The van der Waals surface area contributed by atoms with E-state index >= 15 is 0 Å². The van der Waals surface area contributed by atoms with Gasteiger partial charge in [0.2, 0.25) is 0 Å². The summed E-state index contributed by atoms with van der Waals surface area (Å²) in [7, 11) is 0. The lowest BCUT2D eigenvalue weighted by Gasteiger charge is -2.07. The van der Waals surface area contributed by atoms with E-state index in [9.17, 15) is 13.6 Å². The number of carboxylic acids is 1. The van der Waals surface area contributed by atoms with Gasteiger partial charge in [-0.25, -0.2) is 13.8 Å². The Labute approximate surface area is 103 Å². The third kappa shape index (κ3) is 3.23. The summed E-state index contributed by atoms with van der Waals surface area (Å²) < 4.78 is 25.2. The number of hydrogen-bond donors (Lipinski definition) is 1. The normalized spacial score (nSPS) is 10.7. The molecule has 0 aliphatic carbocycles. The van der Waals surface area contributed by atoms with Gasteiger partial charge in [-0.1, -0.05) is 11.6 Å². The van der Waals surface area contributed by atoms with Gasteiger partial charge in [-0.2, -0.15) is 0 Å². The van der Waals surface area contributed by atoms with Crippen molar-refractivity contribution in [3.8, 4) is 0 Å². The molecule has 0 aliphatic rings. The number of pyridine rings is 1. The van der Waals surface area contributed by atoms with Gasteiger partial charge in [0.25, 0.3) is 6.43 Å². The van der Waals surface area contributed by atoms with Gasteiger partial charge in [-0.05, 0) is 28.7 Å². The van der Waals surface area contributed by atoms with Crippen LogP contribution in [0.4, 0.5) is 8.78 Å². The lowest BCUT2D eigenvalue weighted by molar-refractivity contribution is -0.136. The average molecular weight is 347 g/mol. The Hall–Kier alpha value is -0.500. The Morgan fingerprint density at radius 1 is 1.67 bits per heavy atom. The van der Waals surface area contributed by atoms with Crippen LogP contribution < -0.4 is 0 Å². The average Bonchev–Trinajstić information content (AvgIpc) is 2.09. The molecule has 0 fully saturated rings. The fraction of sp³-hybridized carbons (Fsp3) is 0.250. The van der Waals surface area contributed by atoms with E-state index in [1.54, 1.807) is 22.6 Å². The Kier molecular flexibility index (Phi) is 4.21. The summed E-state index contributed by atoms with van der Waals surface area (Å²) in [4.78, 5) is 14.2. The van der Waals surface area contributed by atoms with Crippen LogP contribution in [0, 0.1) is 3.70 Å². The van der Waals surface area contributed by atoms with Gasteiger partial charge in [-0.3, -0.25) is 4.79 Å². The second-order valence-corrected chi connectivity index (χ2v) is 4.15. The van der Waals surface area contributed by atoms with Crippen LogP contribution in [0.5, 0.6) is 0 Å². The van der Waals surface area contributed by atoms with Crippen molar-refractivity contribution in [2.24, 2.45) is 0 Å². The summed E-state index contributed by atoms with van der Waals surface area (Å²) in [5.74, 6) is -1.16. The summed E-state index contributed by atoms with van der Waals surface area (Å²) in [5.41, 5.74) is -0.418. The highest BCUT2D eigenvalue weighted by atomic mass is 127. The molecule has 0 unspecified atom stereocenters. The topological polar surface area (TPSA) is 50.2 Å². The molecule has 0 saturated carbocycles. The Bertz CT molecular complexity index is 400. The van der Waals surface area contributed by atoms with Crippen LogP contribution in [0.3, 0.4) is 0 Å². The number of aromatic nitrogens is 1. The maximum Gasteiger partial charge on any atom is 0.309 e. The van der Waals surface area contributed by atoms with Crippen molar-refractivity contribution in [1.29, 1.82) is 0 Å². The first-order chi connectivity index (χ1) is 6.91. The van der Waals surface area contributed by atoms with Crippen LogP contribution in [-0.2, 0) is 11.2 Å². The molecule has 1 N–H and O–H groups in total. The monoisotopic (exact) mass is 347 g/mol. The van der Waals surface area contributed by atoms with Crippen molar-refractivity contribution in [1.82, 2.24) is 4.98 Å². The molecule has 3 nitrogen and oxygen atoms in total. The lowest BCUT2D eigenvalue weighted by atomic mass is 10.2. The summed E-state index contributed by atoms with van der Waals surface area (Å²) >= 11 is 7.34. The number of carboxylic acid groups (broad SMARTS) is 1. The quantitative estimate of drug-likeness (QED) is 0.676. The van der Waals surface area contributed by atoms with Crippen molar-refractivity contribution >= 4 is 40.2 Å². The maximum atomic E-state index is 12.5. The smallest absolute Gasteiger partial charge is 0.309 e. The van der Waals surface area contributed by atoms with E-state index in [0.29, 0.717) is 3.70 Å². The molecule has 82 valence electrons. The second-order valence-electron chi connectivity index (χ2n) is 2.67. The van der Waals surface area contributed by atoms with E-state index in [1.165, 1.54) is 0 Å². The number of rotatable bonds is 3. The molecule has 0 amide bonds. The van der Waals surface area contributed by atoms with Crippen LogP contribution >= 0.6 is 34.2 Å². The molecule has 0 saturated heterocycles. The van der Waals surface area contributed by atoms with E-state index in [2.05, 4.69) is 4.98 Å². The zero-order valence-corrected chi connectivity index (χ0v) is 10.1. The zero-order valence-electron chi connectivity index (χ0n) is 7.18. The van der Waals surface area contributed by atoms with Gasteiger partial charge in [-0.15, -0.1) is 0 Å². The van der Waals surface area contributed by atoms with E-state index < -0.39 is 18.8 Å². The summed E-state index contributed by atoms with van der Waals surface area (Å²) in [6, 6.07) is 1.14. The number of alkyl halides is 2. The van der Waals surface area contributed by atoms with Gasteiger partial charge >= 0.3 is 5.97 Å². The van der Waals surface area contributed by atoms with E-state index in [0.717, 1.165) is 6.07 Å². The van der Waals surface area contributed by atoms with Crippen molar-refractivity contribution in [2.45, 2.75) is 12.8 Å². The molecule has 1 aromatic heterocycles. The van der Waals surface area contributed by atoms with Crippen LogP contribution in [0.25, 0.3) is 0 Å². The van der Waals surface area contributed by atoms with Crippen LogP contribution in [0.1, 0.15) is 17.7 Å². The van der Waals surface area contributed by atoms with E-state index in [4.69, 9.17) is 16.7 Å². The summed E-state index contributed by atoms with van der Waals surface area (Å²) in [5, 5.41) is 8.25.